The van der Waals surface area contributed by atoms with Crippen LogP contribution in [0.25, 0.3) is 0 Å². The fourth-order valence-corrected chi connectivity index (χ4v) is 3.87. The van der Waals surface area contributed by atoms with E-state index >= 15 is 0 Å². The van der Waals surface area contributed by atoms with Crippen LogP contribution >= 0.6 is 24.0 Å². The monoisotopic (exact) mass is 452 g/mol. The van der Waals surface area contributed by atoms with Gasteiger partial charge in [-0.2, -0.15) is 0 Å². The number of benzene rings is 1. The first kappa shape index (κ1) is 20.2. The van der Waals surface area contributed by atoms with Gasteiger partial charge >= 0.3 is 0 Å². The van der Waals surface area contributed by atoms with Crippen molar-refractivity contribution in [2.24, 2.45) is 4.99 Å². The lowest BCUT2D eigenvalue weighted by Gasteiger charge is -2.17. The Hall–Kier alpha value is -0.870. The van der Waals surface area contributed by atoms with Crippen molar-refractivity contribution in [1.29, 1.82) is 0 Å². The molecule has 0 amide bonds. The average Bonchev–Trinajstić information content (AvgIpc) is 2.81. The van der Waals surface area contributed by atoms with E-state index in [9.17, 15) is 8.42 Å². The largest absolute Gasteiger partial charge is 0.352 e. The van der Waals surface area contributed by atoms with Gasteiger partial charge in [0, 0.05) is 26.2 Å². The second-order valence-electron chi connectivity index (χ2n) is 5.78. The molecule has 0 atom stereocenters. The number of nitrogens with one attached hydrogen (secondary N) is 2. The molecule has 0 spiro atoms. The zero-order chi connectivity index (χ0) is 16.2. The molecule has 1 heterocycles. The van der Waals surface area contributed by atoms with Gasteiger partial charge in [0.15, 0.2) is 5.96 Å². The van der Waals surface area contributed by atoms with E-state index in [1.54, 1.807) is 0 Å². The van der Waals surface area contributed by atoms with Crippen LogP contribution in [0.5, 0.6) is 0 Å². The van der Waals surface area contributed by atoms with Gasteiger partial charge in [0.2, 0.25) is 10.0 Å². The molecule has 2 N–H and O–H groups in total. The maximum absolute atomic E-state index is 12.1. The topological polar surface area (TPSA) is 73.8 Å². The van der Waals surface area contributed by atoms with Crippen molar-refractivity contribution in [3.05, 3.63) is 35.4 Å². The van der Waals surface area contributed by atoms with Crippen LogP contribution in [0.3, 0.4) is 0 Å². The maximum Gasteiger partial charge on any atom is 0.216 e. The highest BCUT2D eigenvalue weighted by Crippen LogP contribution is 2.13. The number of hydrogen-bond acceptors (Lipinski definition) is 5. The summed E-state index contributed by atoms with van der Waals surface area (Å²) in [6, 6.07) is 7.49. The fraction of sp³-hybridized carbons (Fsp3) is 0.533. The first-order chi connectivity index (χ1) is 10.4. The van der Waals surface area contributed by atoms with Crippen LogP contribution in [0, 0.1) is 0 Å². The predicted molar refractivity (Wildman–Crippen MR) is 105 cm³/mol. The molecule has 0 bridgehead atoms. The molecule has 8 heteroatoms. The van der Waals surface area contributed by atoms with Crippen molar-refractivity contribution in [1.82, 2.24) is 14.9 Å². The number of rotatable bonds is 6. The van der Waals surface area contributed by atoms with Crippen LogP contribution in [-0.2, 0) is 22.3 Å². The van der Waals surface area contributed by atoms with Crippen molar-refractivity contribution in [3.63, 3.8) is 0 Å². The molecule has 0 saturated heterocycles. The fourth-order valence-electron chi connectivity index (χ4n) is 2.37. The Kier molecular flexibility index (Phi) is 7.75. The lowest BCUT2D eigenvalue weighted by Crippen LogP contribution is -2.35. The zero-order valence-electron chi connectivity index (χ0n) is 13.7. The lowest BCUT2D eigenvalue weighted by atomic mass is 10.1. The van der Waals surface area contributed by atoms with E-state index in [4.69, 9.17) is 0 Å². The van der Waals surface area contributed by atoms with Gasteiger partial charge in [-0.25, -0.2) is 13.1 Å². The summed E-state index contributed by atoms with van der Waals surface area (Å²) in [4.78, 5) is 6.43. The molecule has 1 aromatic rings. The predicted octanol–water partition coefficient (Wildman–Crippen LogP) is 1.52. The lowest BCUT2D eigenvalue weighted by molar-refractivity contribution is 0.533. The zero-order valence-corrected chi connectivity index (χ0v) is 16.9. The Balaban J connectivity index is 0.00000264. The highest BCUT2D eigenvalue weighted by Gasteiger charge is 2.16. The van der Waals surface area contributed by atoms with Crippen molar-refractivity contribution in [2.75, 3.05) is 20.1 Å². The van der Waals surface area contributed by atoms with Crippen LogP contribution < -0.4 is 10.0 Å². The summed E-state index contributed by atoms with van der Waals surface area (Å²) >= 11 is 0. The first-order valence-corrected chi connectivity index (χ1v) is 9.09. The number of likely N-dealkylation sites (N-methyl/N-ethyl adjacent to an activating group) is 1. The highest BCUT2D eigenvalue weighted by atomic mass is 127. The Bertz CT molecular complexity index is 647. The van der Waals surface area contributed by atoms with Crippen molar-refractivity contribution >= 4 is 40.0 Å². The Morgan fingerprint density at radius 1 is 1.26 bits per heavy atom. The maximum atomic E-state index is 12.1. The molecular weight excluding hydrogens is 427 g/mol. The molecule has 1 aliphatic rings. The second-order valence-corrected chi connectivity index (χ2v) is 7.53. The van der Waals surface area contributed by atoms with E-state index in [0.717, 1.165) is 30.2 Å². The molecule has 0 aromatic heterocycles. The van der Waals surface area contributed by atoms with Gasteiger partial charge in [0.05, 0.1) is 12.3 Å². The van der Waals surface area contributed by atoms with Crippen molar-refractivity contribution in [3.8, 4) is 0 Å². The Labute approximate surface area is 155 Å². The molecular formula is C15H25IN4O2S. The SMILES string of the molecule is CC(C)NS(=O)(=O)Cc1ccccc1CNC1=NCCN1C.I. The van der Waals surface area contributed by atoms with E-state index in [1.165, 1.54) is 0 Å². The summed E-state index contributed by atoms with van der Waals surface area (Å²) in [6.45, 7) is 5.92. The normalized spacial score (nSPS) is 14.6. The molecule has 1 aliphatic heterocycles. The molecule has 0 radical (unpaired) electrons. The highest BCUT2D eigenvalue weighted by molar-refractivity contribution is 14.0. The van der Waals surface area contributed by atoms with Crippen LogP contribution in [0.4, 0.5) is 0 Å². The third-order valence-corrected chi connectivity index (χ3v) is 4.90. The smallest absolute Gasteiger partial charge is 0.216 e. The first-order valence-electron chi connectivity index (χ1n) is 7.43. The summed E-state index contributed by atoms with van der Waals surface area (Å²) in [6.07, 6.45) is 0. The number of sulfonamides is 1. The molecule has 1 aromatic carbocycles. The summed E-state index contributed by atoms with van der Waals surface area (Å²) in [5.41, 5.74) is 1.78. The molecule has 2 rings (SSSR count). The molecule has 6 nitrogen and oxygen atoms in total. The summed E-state index contributed by atoms with van der Waals surface area (Å²) < 4.78 is 26.8. The standard InChI is InChI=1S/C15H24N4O2S.HI/c1-12(2)18-22(20,21)11-14-7-5-4-6-13(14)10-17-15-16-8-9-19(15)3;/h4-7,12,18H,8-11H2,1-3H3,(H,16,17);1H. The van der Waals surface area contributed by atoms with Crippen molar-refractivity contribution < 1.29 is 8.42 Å². The van der Waals surface area contributed by atoms with Gasteiger partial charge in [0.25, 0.3) is 0 Å². The Morgan fingerprint density at radius 2 is 1.91 bits per heavy atom. The molecule has 0 unspecified atom stereocenters. The van der Waals surface area contributed by atoms with Crippen LogP contribution in [0.1, 0.15) is 25.0 Å². The number of halogens is 1. The van der Waals surface area contributed by atoms with Gasteiger partial charge in [-0.05, 0) is 25.0 Å². The van der Waals surface area contributed by atoms with E-state index in [2.05, 4.69) is 19.9 Å². The number of aliphatic imine (C=N–C) groups is 1. The summed E-state index contributed by atoms with van der Waals surface area (Å²) in [5.74, 6) is 0.851. The quantitative estimate of drug-likeness (QED) is 0.643. The van der Waals surface area contributed by atoms with Gasteiger partial charge in [-0.15, -0.1) is 24.0 Å². The van der Waals surface area contributed by atoms with Gasteiger partial charge in [-0.1, -0.05) is 24.3 Å². The molecule has 0 fully saturated rings. The minimum atomic E-state index is -3.32. The third kappa shape index (κ3) is 6.27. The van der Waals surface area contributed by atoms with E-state index in [-0.39, 0.29) is 35.8 Å². The summed E-state index contributed by atoms with van der Waals surface area (Å²) in [5, 5.41) is 3.28. The minimum absolute atomic E-state index is 0. The molecule has 0 aliphatic carbocycles. The summed E-state index contributed by atoms with van der Waals surface area (Å²) in [7, 11) is -1.34. The van der Waals surface area contributed by atoms with Gasteiger partial charge in [-0.3, -0.25) is 4.99 Å². The minimum Gasteiger partial charge on any atom is -0.352 e. The second kappa shape index (κ2) is 8.84. The number of guanidine groups is 1. The third-order valence-electron chi connectivity index (χ3n) is 3.37. The Morgan fingerprint density at radius 3 is 2.48 bits per heavy atom. The van der Waals surface area contributed by atoms with E-state index in [1.807, 2.05) is 45.2 Å². The van der Waals surface area contributed by atoms with Crippen molar-refractivity contribution in [2.45, 2.75) is 32.2 Å². The van der Waals surface area contributed by atoms with E-state index < -0.39 is 10.0 Å². The van der Waals surface area contributed by atoms with Gasteiger partial charge < -0.3 is 10.2 Å². The number of nitrogens with zero attached hydrogens (tertiary/aromatic N) is 2. The molecule has 23 heavy (non-hydrogen) atoms. The van der Waals surface area contributed by atoms with Crippen LogP contribution in [-0.4, -0.2) is 45.5 Å². The molecule has 130 valence electrons. The van der Waals surface area contributed by atoms with E-state index in [0.29, 0.717) is 6.54 Å². The van der Waals surface area contributed by atoms with Crippen LogP contribution in [0.2, 0.25) is 0 Å². The average molecular weight is 452 g/mol. The van der Waals surface area contributed by atoms with Crippen LogP contribution in [0.15, 0.2) is 29.3 Å². The number of hydrogen-bond donors (Lipinski definition) is 2. The van der Waals surface area contributed by atoms with Gasteiger partial charge in [0.1, 0.15) is 0 Å². The molecule has 0 saturated carbocycles.